The molecule has 0 unspecified atom stereocenters. The first kappa shape index (κ1) is 18.9. The molecule has 1 aromatic rings. The summed E-state index contributed by atoms with van der Waals surface area (Å²) >= 11 is 0. The van der Waals surface area contributed by atoms with Gasteiger partial charge in [-0.1, -0.05) is 44.2 Å². The molecule has 0 radical (unpaired) electrons. The average Bonchev–Trinajstić information content (AvgIpc) is 3.04. The van der Waals surface area contributed by atoms with Crippen LogP contribution in [0.25, 0.3) is 0 Å². The van der Waals surface area contributed by atoms with E-state index in [4.69, 9.17) is 4.99 Å². The van der Waals surface area contributed by atoms with Gasteiger partial charge in [0.2, 0.25) is 0 Å². The van der Waals surface area contributed by atoms with Gasteiger partial charge in [0.1, 0.15) is 0 Å². The van der Waals surface area contributed by atoms with Gasteiger partial charge >= 0.3 is 0 Å². The molecular formula is C26H37NO. The van der Waals surface area contributed by atoms with E-state index in [1.807, 2.05) is 0 Å². The third kappa shape index (κ3) is 2.90. The standard InChI is InChI=1S/C26H37NO/c1-25-14-12-20(28)16-19(25)8-9-21-22-10-11-24(26(22,2)15-13-23(21)25)27-17-18-6-4-3-5-7-18/h3-7,17,19-24,28H,8-16H2,1-2H3/t19-,20-,21+,22+,23+,24-,25-,26+/m0/s1. The molecule has 152 valence electrons. The van der Waals surface area contributed by atoms with Crippen LogP contribution in [0.3, 0.4) is 0 Å². The van der Waals surface area contributed by atoms with Gasteiger partial charge in [-0.05, 0) is 97.9 Å². The van der Waals surface area contributed by atoms with Gasteiger partial charge in [0.25, 0.3) is 0 Å². The van der Waals surface area contributed by atoms with E-state index in [1.54, 1.807) is 0 Å². The summed E-state index contributed by atoms with van der Waals surface area (Å²) in [4.78, 5) is 5.14. The van der Waals surface area contributed by atoms with E-state index < -0.39 is 0 Å². The molecule has 4 aliphatic rings. The third-order valence-corrected chi connectivity index (χ3v) is 9.79. The van der Waals surface area contributed by atoms with Gasteiger partial charge in [-0.2, -0.15) is 0 Å². The SMILES string of the molecule is C[C@]12CC[C@H](O)C[C@@H]1CC[C@H]1[C@H]2CC[C@@]2(C)[C@@H](N=Cc3ccccc3)CC[C@H]12. The second-order valence-electron chi connectivity index (χ2n) is 10.9. The van der Waals surface area contributed by atoms with Crippen LogP contribution in [0.5, 0.6) is 0 Å². The van der Waals surface area contributed by atoms with Crippen molar-refractivity contribution in [2.45, 2.75) is 83.8 Å². The summed E-state index contributed by atoms with van der Waals surface area (Å²) in [5, 5.41) is 10.2. The van der Waals surface area contributed by atoms with E-state index in [2.05, 4.69) is 50.4 Å². The zero-order chi connectivity index (χ0) is 19.4. The second kappa shape index (κ2) is 6.97. The van der Waals surface area contributed by atoms with Gasteiger partial charge in [0, 0.05) is 6.21 Å². The van der Waals surface area contributed by atoms with E-state index in [-0.39, 0.29) is 6.10 Å². The van der Waals surface area contributed by atoms with Crippen LogP contribution < -0.4 is 0 Å². The zero-order valence-electron chi connectivity index (χ0n) is 17.7. The average molecular weight is 380 g/mol. The Morgan fingerprint density at radius 3 is 2.46 bits per heavy atom. The highest BCUT2D eigenvalue weighted by atomic mass is 16.3. The topological polar surface area (TPSA) is 32.6 Å². The highest BCUT2D eigenvalue weighted by molar-refractivity contribution is 5.79. The van der Waals surface area contributed by atoms with Crippen LogP contribution in [0.1, 0.15) is 77.2 Å². The molecule has 0 spiro atoms. The first-order chi connectivity index (χ1) is 13.5. The maximum atomic E-state index is 10.2. The minimum Gasteiger partial charge on any atom is -0.393 e. The Morgan fingerprint density at radius 2 is 1.64 bits per heavy atom. The summed E-state index contributed by atoms with van der Waals surface area (Å²) in [5.74, 6) is 3.39. The predicted octanol–water partition coefficient (Wildman–Crippen LogP) is 5.88. The fourth-order valence-electron chi connectivity index (χ4n) is 8.17. The van der Waals surface area contributed by atoms with E-state index in [0.717, 1.165) is 36.5 Å². The van der Waals surface area contributed by atoms with Crippen LogP contribution in [0.2, 0.25) is 0 Å². The summed E-state index contributed by atoms with van der Waals surface area (Å²) in [6, 6.07) is 11.1. The molecular weight excluding hydrogens is 342 g/mol. The summed E-state index contributed by atoms with van der Waals surface area (Å²) in [5.41, 5.74) is 2.11. The summed E-state index contributed by atoms with van der Waals surface area (Å²) in [6.07, 6.45) is 13.6. The lowest BCUT2D eigenvalue weighted by molar-refractivity contribution is -0.122. The highest BCUT2D eigenvalue weighted by Crippen LogP contribution is 2.66. The van der Waals surface area contributed by atoms with Gasteiger partial charge < -0.3 is 5.11 Å². The molecule has 0 amide bonds. The van der Waals surface area contributed by atoms with E-state index in [1.165, 1.54) is 50.5 Å². The van der Waals surface area contributed by atoms with Gasteiger partial charge in [-0.25, -0.2) is 0 Å². The van der Waals surface area contributed by atoms with Gasteiger partial charge in [-0.3, -0.25) is 4.99 Å². The van der Waals surface area contributed by atoms with Crippen molar-refractivity contribution in [3.63, 3.8) is 0 Å². The summed E-state index contributed by atoms with van der Waals surface area (Å²) in [7, 11) is 0. The van der Waals surface area contributed by atoms with Gasteiger partial charge in [0.05, 0.1) is 12.1 Å². The van der Waals surface area contributed by atoms with Crippen molar-refractivity contribution in [2.24, 2.45) is 39.5 Å². The monoisotopic (exact) mass is 379 g/mol. The Bertz CT molecular complexity index is 729. The first-order valence-corrected chi connectivity index (χ1v) is 11.8. The van der Waals surface area contributed by atoms with E-state index in [9.17, 15) is 5.11 Å². The molecule has 28 heavy (non-hydrogen) atoms. The predicted molar refractivity (Wildman–Crippen MR) is 116 cm³/mol. The normalized spacial score (nSPS) is 48.1. The van der Waals surface area contributed by atoms with Crippen LogP contribution in [-0.2, 0) is 0 Å². The lowest BCUT2D eigenvalue weighted by Crippen LogP contribution is -2.54. The molecule has 1 N–H and O–H groups in total. The number of hydrogen-bond donors (Lipinski definition) is 1. The molecule has 1 aromatic carbocycles. The number of aliphatic imine (C=N–C) groups is 1. The molecule has 0 aliphatic heterocycles. The molecule has 5 rings (SSSR count). The molecule has 4 saturated carbocycles. The van der Waals surface area contributed by atoms with Gasteiger partial charge in [-0.15, -0.1) is 0 Å². The largest absolute Gasteiger partial charge is 0.393 e. The number of hydrogen-bond acceptors (Lipinski definition) is 2. The molecule has 4 fully saturated rings. The van der Waals surface area contributed by atoms with Crippen molar-refractivity contribution in [3.8, 4) is 0 Å². The van der Waals surface area contributed by atoms with Crippen molar-refractivity contribution in [2.75, 3.05) is 0 Å². The maximum Gasteiger partial charge on any atom is 0.0556 e. The fraction of sp³-hybridized carbons (Fsp3) is 0.731. The third-order valence-electron chi connectivity index (χ3n) is 9.79. The minimum absolute atomic E-state index is 0.0355. The Morgan fingerprint density at radius 1 is 0.893 bits per heavy atom. The molecule has 0 saturated heterocycles. The Kier molecular flexibility index (Phi) is 4.69. The molecule has 0 aromatic heterocycles. The summed E-state index contributed by atoms with van der Waals surface area (Å²) in [6.45, 7) is 5.15. The first-order valence-electron chi connectivity index (χ1n) is 11.8. The van der Waals surface area contributed by atoms with E-state index in [0.29, 0.717) is 16.9 Å². The molecule has 0 bridgehead atoms. The number of nitrogens with zero attached hydrogens (tertiary/aromatic N) is 1. The van der Waals surface area contributed by atoms with Crippen LogP contribution in [0, 0.1) is 34.5 Å². The summed E-state index contributed by atoms with van der Waals surface area (Å²) < 4.78 is 0. The molecule has 4 aliphatic carbocycles. The Balaban J connectivity index is 1.36. The van der Waals surface area contributed by atoms with Crippen molar-refractivity contribution < 1.29 is 5.11 Å². The van der Waals surface area contributed by atoms with Crippen LogP contribution in [-0.4, -0.2) is 23.5 Å². The smallest absolute Gasteiger partial charge is 0.0556 e. The molecule has 0 heterocycles. The Hall–Kier alpha value is -1.15. The van der Waals surface area contributed by atoms with Crippen molar-refractivity contribution in [3.05, 3.63) is 35.9 Å². The minimum atomic E-state index is -0.0355. The lowest BCUT2D eigenvalue weighted by Gasteiger charge is -2.60. The highest BCUT2D eigenvalue weighted by Gasteiger charge is 2.60. The van der Waals surface area contributed by atoms with Crippen molar-refractivity contribution >= 4 is 6.21 Å². The number of aliphatic hydroxyl groups excluding tert-OH is 1. The second-order valence-corrected chi connectivity index (χ2v) is 10.9. The van der Waals surface area contributed by atoms with Crippen LogP contribution in [0.4, 0.5) is 0 Å². The fourth-order valence-corrected chi connectivity index (χ4v) is 8.17. The maximum absolute atomic E-state index is 10.2. The number of fused-ring (bicyclic) bond motifs is 5. The zero-order valence-corrected chi connectivity index (χ0v) is 17.7. The quantitative estimate of drug-likeness (QED) is 0.640. The van der Waals surface area contributed by atoms with Crippen LogP contribution in [0.15, 0.2) is 35.3 Å². The Labute approximate surface area is 170 Å². The van der Waals surface area contributed by atoms with E-state index >= 15 is 0 Å². The molecule has 2 nitrogen and oxygen atoms in total. The van der Waals surface area contributed by atoms with Gasteiger partial charge in [0.15, 0.2) is 0 Å². The number of benzene rings is 1. The molecule has 8 atom stereocenters. The van der Waals surface area contributed by atoms with Crippen LogP contribution >= 0.6 is 0 Å². The number of aliphatic hydroxyl groups is 1. The lowest BCUT2D eigenvalue weighted by atomic mass is 9.45. The molecule has 2 heteroatoms. The van der Waals surface area contributed by atoms with Crippen molar-refractivity contribution in [1.29, 1.82) is 0 Å². The number of rotatable bonds is 2. The van der Waals surface area contributed by atoms with Crippen molar-refractivity contribution in [1.82, 2.24) is 0 Å².